The topological polar surface area (TPSA) is 58.2 Å². The van der Waals surface area contributed by atoms with Crippen LogP contribution in [0.5, 0.6) is 0 Å². The van der Waals surface area contributed by atoms with Crippen molar-refractivity contribution in [2.24, 2.45) is 0 Å². The van der Waals surface area contributed by atoms with Gasteiger partial charge in [0.2, 0.25) is 11.8 Å². The normalized spacial score (nSPS) is 12.3. The van der Waals surface area contributed by atoms with Gasteiger partial charge in [-0.15, -0.1) is 0 Å². The molecule has 0 aliphatic rings. The molecule has 0 heterocycles. The molecule has 0 aliphatic carbocycles. The van der Waals surface area contributed by atoms with Crippen molar-refractivity contribution in [2.75, 3.05) is 14.1 Å². The molecule has 0 aromatic carbocycles. The van der Waals surface area contributed by atoms with Gasteiger partial charge in [-0.1, -0.05) is 12.2 Å². The standard InChI is InChI=1S/C11H18N2O2/c1-8(10(14)12-3)6-5-7-9(2)11(15)13-4/h6-7H,5H2,1-4H3,(H,12,14)(H,13,15). The lowest BCUT2D eigenvalue weighted by atomic mass is 10.2. The number of hydrogen-bond acceptors (Lipinski definition) is 2. The first kappa shape index (κ1) is 13.4. The second kappa shape index (κ2) is 6.81. The summed E-state index contributed by atoms with van der Waals surface area (Å²) in [6, 6.07) is 0. The average molecular weight is 210 g/mol. The highest BCUT2D eigenvalue weighted by Crippen LogP contribution is 2.00. The average Bonchev–Trinajstić information content (AvgIpc) is 2.26. The lowest BCUT2D eigenvalue weighted by Gasteiger charge is -1.99. The van der Waals surface area contributed by atoms with Crippen molar-refractivity contribution in [2.45, 2.75) is 20.3 Å². The zero-order valence-electron chi connectivity index (χ0n) is 9.68. The summed E-state index contributed by atoms with van der Waals surface area (Å²) < 4.78 is 0. The molecule has 0 fully saturated rings. The fourth-order valence-electron chi connectivity index (χ4n) is 0.992. The number of rotatable bonds is 4. The van der Waals surface area contributed by atoms with Crippen molar-refractivity contribution in [3.05, 3.63) is 23.3 Å². The predicted octanol–water partition coefficient (Wildman–Crippen LogP) is 0.761. The molecular formula is C11H18N2O2. The first-order chi connectivity index (χ1) is 7.02. The minimum absolute atomic E-state index is 0.0963. The van der Waals surface area contributed by atoms with E-state index in [2.05, 4.69) is 10.6 Å². The Morgan fingerprint density at radius 1 is 0.933 bits per heavy atom. The highest BCUT2D eigenvalue weighted by Gasteiger charge is 2.00. The van der Waals surface area contributed by atoms with Crippen molar-refractivity contribution >= 4 is 11.8 Å². The third-order valence-electron chi connectivity index (χ3n) is 2.02. The summed E-state index contributed by atoms with van der Waals surface area (Å²) in [5.41, 5.74) is 1.30. The maximum absolute atomic E-state index is 11.1. The van der Waals surface area contributed by atoms with Gasteiger partial charge in [0.25, 0.3) is 0 Å². The highest BCUT2D eigenvalue weighted by molar-refractivity contribution is 5.93. The van der Waals surface area contributed by atoms with E-state index in [-0.39, 0.29) is 11.8 Å². The Kier molecular flexibility index (Phi) is 6.09. The molecule has 2 N–H and O–H groups in total. The van der Waals surface area contributed by atoms with Crippen molar-refractivity contribution in [3.8, 4) is 0 Å². The van der Waals surface area contributed by atoms with E-state index in [4.69, 9.17) is 0 Å². The summed E-state index contributed by atoms with van der Waals surface area (Å²) in [5.74, 6) is -0.193. The van der Waals surface area contributed by atoms with E-state index in [1.807, 2.05) is 0 Å². The van der Waals surface area contributed by atoms with Gasteiger partial charge in [-0.2, -0.15) is 0 Å². The van der Waals surface area contributed by atoms with Crippen LogP contribution in [0, 0.1) is 0 Å². The minimum Gasteiger partial charge on any atom is -0.355 e. The number of likely N-dealkylation sites (N-methyl/N-ethyl adjacent to an activating group) is 2. The smallest absolute Gasteiger partial charge is 0.246 e. The summed E-state index contributed by atoms with van der Waals surface area (Å²) in [6.45, 7) is 3.48. The van der Waals surface area contributed by atoms with Gasteiger partial charge in [0.05, 0.1) is 0 Å². The lowest BCUT2D eigenvalue weighted by Crippen LogP contribution is -2.19. The molecule has 4 nitrogen and oxygen atoms in total. The number of hydrogen-bond donors (Lipinski definition) is 2. The Bertz CT molecular complexity index is 274. The molecule has 15 heavy (non-hydrogen) atoms. The van der Waals surface area contributed by atoms with Crippen LogP contribution >= 0.6 is 0 Å². The monoisotopic (exact) mass is 210 g/mol. The molecule has 0 bridgehead atoms. The van der Waals surface area contributed by atoms with Crippen molar-refractivity contribution in [1.82, 2.24) is 10.6 Å². The Labute approximate surface area is 90.4 Å². The highest BCUT2D eigenvalue weighted by atomic mass is 16.2. The molecule has 0 spiro atoms. The largest absolute Gasteiger partial charge is 0.355 e. The van der Waals surface area contributed by atoms with Gasteiger partial charge in [-0.05, 0) is 20.3 Å². The van der Waals surface area contributed by atoms with Gasteiger partial charge in [0, 0.05) is 25.2 Å². The molecule has 0 radical (unpaired) electrons. The van der Waals surface area contributed by atoms with E-state index in [1.165, 1.54) is 0 Å². The molecule has 0 aliphatic heterocycles. The maximum Gasteiger partial charge on any atom is 0.246 e. The van der Waals surface area contributed by atoms with E-state index in [9.17, 15) is 9.59 Å². The third kappa shape index (κ3) is 5.00. The number of nitrogens with one attached hydrogen (secondary N) is 2. The summed E-state index contributed by atoms with van der Waals surface area (Å²) in [7, 11) is 3.18. The molecular weight excluding hydrogens is 192 g/mol. The summed E-state index contributed by atoms with van der Waals surface area (Å²) in [6.07, 6.45) is 4.15. The minimum atomic E-state index is -0.0963. The first-order valence-corrected chi connectivity index (χ1v) is 4.80. The van der Waals surface area contributed by atoms with Crippen LogP contribution < -0.4 is 10.6 Å². The van der Waals surface area contributed by atoms with Gasteiger partial charge in [-0.3, -0.25) is 9.59 Å². The summed E-state index contributed by atoms with van der Waals surface area (Å²) >= 11 is 0. The van der Waals surface area contributed by atoms with Gasteiger partial charge >= 0.3 is 0 Å². The molecule has 0 saturated heterocycles. The Morgan fingerprint density at radius 3 is 1.53 bits per heavy atom. The molecule has 0 aromatic rings. The molecule has 84 valence electrons. The third-order valence-corrected chi connectivity index (χ3v) is 2.02. The van der Waals surface area contributed by atoms with Gasteiger partial charge in [0.15, 0.2) is 0 Å². The summed E-state index contributed by atoms with van der Waals surface area (Å²) in [4.78, 5) is 22.2. The molecule has 0 atom stereocenters. The number of carbonyl (C=O) groups is 2. The van der Waals surface area contributed by atoms with Crippen LogP contribution in [-0.2, 0) is 9.59 Å². The quantitative estimate of drug-likeness (QED) is 0.673. The Balaban J connectivity index is 4.28. The number of allylic oxidation sites excluding steroid dienone is 2. The Hall–Kier alpha value is -1.58. The van der Waals surface area contributed by atoms with Crippen LogP contribution in [0.2, 0.25) is 0 Å². The van der Waals surface area contributed by atoms with Crippen LogP contribution in [0.25, 0.3) is 0 Å². The van der Waals surface area contributed by atoms with E-state index in [1.54, 1.807) is 40.1 Å². The lowest BCUT2D eigenvalue weighted by molar-refractivity contribution is -0.117. The van der Waals surface area contributed by atoms with Crippen LogP contribution in [-0.4, -0.2) is 25.9 Å². The SMILES string of the molecule is CNC(=O)C(C)=CCC=C(C)C(=O)NC. The van der Waals surface area contributed by atoms with Crippen molar-refractivity contribution in [3.63, 3.8) is 0 Å². The number of amides is 2. The first-order valence-electron chi connectivity index (χ1n) is 4.80. The number of carbonyl (C=O) groups excluding carboxylic acids is 2. The van der Waals surface area contributed by atoms with Crippen LogP contribution in [0.15, 0.2) is 23.3 Å². The van der Waals surface area contributed by atoms with E-state index in [0.29, 0.717) is 17.6 Å². The fourth-order valence-corrected chi connectivity index (χ4v) is 0.992. The molecule has 0 rings (SSSR count). The second-order valence-electron chi connectivity index (χ2n) is 3.17. The van der Waals surface area contributed by atoms with Crippen LogP contribution in [0.1, 0.15) is 20.3 Å². The van der Waals surface area contributed by atoms with E-state index >= 15 is 0 Å². The second-order valence-corrected chi connectivity index (χ2v) is 3.17. The summed E-state index contributed by atoms with van der Waals surface area (Å²) in [5, 5.41) is 5.06. The molecule has 0 saturated carbocycles. The predicted molar refractivity (Wildman–Crippen MR) is 60.3 cm³/mol. The molecule has 0 unspecified atom stereocenters. The van der Waals surface area contributed by atoms with Crippen LogP contribution in [0.3, 0.4) is 0 Å². The fraction of sp³-hybridized carbons (Fsp3) is 0.455. The van der Waals surface area contributed by atoms with Crippen molar-refractivity contribution in [1.29, 1.82) is 0 Å². The zero-order valence-corrected chi connectivity index (χ0v) is 9.68. The van der Waals surface area contributed by atoms with Gasteiger partial charge < -0.3 is 10.6 Å². The molecule has 0 aromatic heterocycles. The van der Waals surface area contributed by atoms with Crippen LogP contribution in [0.4, 0.5) is 0 Å². The van der Waals surface area contributed by atoms with Crippen molar-refractivity contribution < 1.29 is 9.59 Å². The Morgan fingerprint density at radius 2 is 1.27 bits per heavy atom. The van der Waals surface area contributed by atoms with Gasteiger partial charge in [0.1, 0.15) is 0 Å². The van der Waals surface area contributed by atoms with Gasteiger partial charge in [-0.25, -0.2) is 0 Å². The molecule has 4 heteroatoms. The maximum atomic E-state index is 11.1. The van der Waals surface area contributed by atoms with E-state index in [0.717, 1.165) is 0 Å². The zero-order chi connectivity index (χ0) is 11.8. The molecule has 2 amide bonds. The van der Waals surface area contributed by atoms with E-state index < -0.39 is 0 Å².